The van der Waals surface area contributed by atoms with E-state index in [9.17, 15) is 13.6 Å². The molecule has 0 aliphatic heterocycles. The number of amides is 1. The molecule has 216 valence electrons. The summed E-state index contributed by atoms with van der Waals surface area (Å²) >= 11 is 0. The van der Waals surface area contributed by atoms with Gasteiger partial charge in [0, 0.05) is 43.0 Å². The van der Waals surface area contributed by atoms with E-state index < -0.39 is 6.61 Å². The maximum absolute atomic E-state index is 12.6. The average Bonchev–Trinajstić information content (AvgIpc) is 3.39. The number of carbonyl (C=O) groups is 1. The lowest BCUT2D eigenvalue weighted by molar-refractivity contribution is -0.0498. The van der Waals surface area contributed by atoms with Gasteiger partial charge in [0.05, 0.1) is 44.0 Å². The zero-order chi connectivity index (χ0) is 29.2. The average molecular weight is 567 g/mol. The lowest BCUT2D eigenvalue weighted by atomic mass is 10.00. The Hall–Kier alpha value is -4.26. The van der Waals surface area contributed by atoms with Crippen molar-refractivity contribution in [3.05, 3.63) is 83.4 Å². The van der Waals surface area contributed by atoms with Gasteiger partial charge in [-0.2, -0.15) is 8.78 Å². The molecule has 0 aliphatic carbocycles. The second-order valence-corrected chi connectivity index (χ2v) is 9.09. The van der Waals surface area contributed by atoms with Crippen molar-refractivity contribution in [3.8, 4) is 17.0 Å². The van der Waals surface area contributed by atoms with Crippen molar-refractivity contribution in [2.24, 2.45) is 5.73 Å². The fourth-order valence-corrected chi connectivity index (χ4v) is 4.27. The zero-order valence-corrected chi connectivity index (χ0v) is 22.6. The summed E-state index contributed by atoms with van der Waals surface area (Å²) < 4.78 is 41.8. The molecule has 2 heterocycles. The predicted octanol–water partition coefficient (Wildman–Crippen LogP) is 3.64. The van der Waals surface area contributed by atoms with Gasteiger partial charge in [-0.3, -0.25) is 9.20 Å². The molecule has 41 heavy (non-hydrogen) atoms. The highest BCUT2D eigenvalue weighted by molar-refractivity contribution is 6.03. The van der Waals surface area contributed by atoms with Crippen LogP contribution in [0.3, 0.4) is 0 Å². The SMILES string of the molecule is Cc1cc(CC(=N)c2nccn3c(-c4ccc(OC(F)F)cc4)cnc23)ccc1C(=O)NCCOCCOCCN. The Labute approximate surface area is 236 Å². The molecule has 0 spiro atoms. The maximum atomic E-state index is 12.6. The highest BCUT2D eigenvalue weighted by Gasteiger charge is 2.16. The monoisotopic (exact) mass is 566 g/mol. The van der Waals surface area contributed by atoms with Crippen LogP contribution in [-0.2, 0) is 15.9 Å². The van der Waals surface area contributed by atoms with Crippen LogP contribution in [0.1, 0.15) is 27.2 Å². The molecule has 12 heteroatoms. The van der Waals surface area contributed by atoms with Crippen molar-refractivity contribution in [1.29, 1.82) is 5.41 Å². The van der Waals surface area contributed by atoms with Gasteiger partial charge in [-0.25, -0.2) is 9.97 Å². The van der Waals surface area contributed by atoms with Gasteiger partial charge in [0.25, 0.3) is 5.91 Å². The number of aromatic nitrogens is 3. The van der Waals surface area contributed by atoms with Crippen LogP contribution >= 0.6 is 0 Å². The molecule has 4 aromatic rings. The van der Waals surface area contributed by atoms with E-state index in [4.69, 9.17) is 20.6 Å². The standard InChI is InChI=1S/C29H32F2N6O4/c1-19-16-20(2-7-23(19)28(38)35-10-13-40-15-14-39-12-8-32)17-24(33)26-27-36-18-25(37(27)11-9-34-26)21-3-5-22(6-4-21)41-29(30)31/h2-7,9,11,16,18,29,33H,8,10,12-15,17,32H2,1H3,(H,35,38). The van der Waals surface area contributed by atoms with Crippen LogP contribution in [-0.4, -0.2) is 72.1 Å². The third-order valence-corrected chi connectivity index (χ3v) is 6.17. The lowest BCUT2D eigenvalue weighted by Gasteiger charge is -2.11. The molecule has 0 unspecified atom stereocenters. The first kappa shape index (κ1) is 29.7. The quantitative estimate of drug-likeness (QED) is 0.148. The van der Waals surface area contributed by atoms with Crippen molar-refractivity contribution >= 4 is 17.3 Å². The first-order valence-electron chi connectivity index (χ1n) is 13.1. The van der Waals surface area contributed by atoms with Crippen LogP contribution in [0.25, 0.3) is 16.9 Å². The first-order valence-corrected chi connectivity index (χ1v) is 13.1. The van der Waals surface area contributed by atoms with E-state index in [2.05, 4.69) is 20.0 Å². The molecule has 0 bridgehead atoms. The number of hydrogen-bond donors (Lipinski definition) is 3. The number of hydrogen-bond acceptors (Lipinski definition) is 8. The molecule has 4 rings (SSSR count). The minimum atomic E-state index is -2.89. The molecule has 0 radical (unpaired) electrons. The Morgan fingerprint density at radius 3 is 2.54 bits per heavy atom. The second kappa shape index (κ2) is 14.4. The Morgan fingerprint density at radius 1 is 1.07 bits per heavy atom. The van der Waals surface area contributed by atoms with Gasteiger partial charge in [-0.05, 0) is 48.4 Å². The largest absolute Gasteiger partial charge is 0.435 e. The molecule has 0 fully saturated rings. The summed E-state index contributed by atoms with van der Waals surface area (Å²) in [4.78, 5) is 21.5. The van der Waals surface area contributed by atoms with Crippen LogP contribution in [0, 0.1) is 12.3 Å². The molecular weight excluding hydrogens is 534 g/mol. The maximum Gasteiger partial charge on any atom is 0.387 e. The second-order valence-electron chi connectivity index (χ2n) is 9.09. The van der Waals surface area contributed by atoms with Crippen LogP contribution in [0.2, 0.25) is 0 Å². The summed E-state index contributed by atoms with van der Waals surface area (Å²) in [6, 6.07) is 11.7. The van der Waals surface area contributed by atoms with Gasteiger partial charge >= 0.3 is 6.61 Å². The Balaban J connectivity index is 1.38. The van der Waals surface area contributed by atoms with Gasteiger partial charge in [-0.15, -0.1) is 0 Å². The number of alkyl halides is 2. The highest BCUT2D eigenvalue weighted by Crippen LogP contribution is 2.25. The first-order chi connectivity index (χ1) is 19.9. The molecule has 1 amide bonds. The summed E-state index contributed by atoms with van der Waals surface area (Å²) in [6.45, 7) is 1.56. The topological polar surface area (TPSA) is 137 Å². The van der Waals surface area contributed by atoms with Crippen LogP contribution in [0.4, 0.5) is 8.78 Å². The van der Waals surface area contributed by atoms with Gasteiger partial charge in [0.1, 0.15) is 11.4 Å². The Bertz CT molecular complexity index is 1480. The van der Waals surface area contributed by atoms with E-state index >= 15 is 0 Å². The number of benzene rings is 2. The summed E-state index contributed by atoms with van der Waals surface area (Å²) in [5, 5.41) is 11.6. The van der Waals surface area contributed by atoms with E-state index in [-0.39, 0.29) is 23.8 Å². The molecule has 0 atom stereocenters. The summed E-state index contributed by atoms with van der Waals surface area (Å²) in [6.07, 6.45) is 5.26. The molecule has 0 aliphatic rings. The van der Waals surface area contributed by atoms with E-state index in [0.29, 0.717) is 56.4 Å². The number of nitrogens with zero attached hydrogens (tertiary/aromatic N) is 3. The van der Waals surface area contributed by atoms with E-state index in [1.807, 2.05) is 19.1 Å². The number of halogens is 2. The third kappa shape index (κ3) is 7.91. The molecule has 2 aromatic carbocycles. The Morgan fingerprint density at radius 2 is 1.83 bits per heavy atom. The van der Waals surface area contributed by atoms with E-state index in [1.165, 1.54) is 12.1 Å². The highest BCUT2D eigenvalue weighted by atomic mass is 19.3. The van der Waals surface area contributed by atoms with Gasteiger partial charge in [0.2, 0.25) is 0 Å². The zero-order valence-electron chi connectivity index (χ0n) is 22.6. The molecule has 0 saturated heterocycles. The minimum absolute atomic E-state index is 0.0646. The number of aryl methyl sites for hydroxylation is 1. The number of carbonyl (C=O) groups excluding carboxylic acids is 1. The van der Waals surface area contributed by atoms with Crippen molar-refractivity contribution in [3.63, 3.8) is 0 Å². The molecule has 4 N–H and O–H groups in total. The van der Waals surface area contributed by atoms with Crippen molar-refractivity contribution in [2.75, 3.05) is 39.5 Å². The molecule has 10 nitrogen and oxygen atoms in total. The smallest absolute Gasteiger partial charge is 0.387 e. The van der Waals surface area contributed by atoms with E-state index in [1.54, 1.807) is 41.2 Å². The van der Waals surface area contributed by atoms with Crippen LogP contribution < -0.4 is 15.8 Å². The van der Waals surface area contributed by atoms with Gasteiger partial charge in [-0.1, -0.05) is 12.1 Å². The van der Waals surface area contributed by atoms with Crippen LogP contribution in [0.5, 0.6) is 5.75 Å². The minimum Gasteiger partial charge on any atom is -0.435 e. The van der Waals surface area contributed by atoms with Crippen molar-refractivity contribution in [2.45, 2.75) is 20.0 Å². The summed E-state index contributed by atoms with van der Waals surface area (Å²) in [5.74, 6) is -0.132. The molecular formula is C29H32F2N6O4. The summed E-state index contributed by atoms with van der Waals surface area (Å²) in [5.41, 5.74) is 10.2. The Kier molecular flexibility index (Phi) is 10.4. The van der Waals surface area contributed by atoms with Gasteiger partial charge < -0.3 is 30.7 Å². The summed E-state index contributed by atoms with van der Waals surface area (Å²) in [7, 11) is 0. The van der Waals surface area contributed by atoms with Crippen molar-refractivity contribution in [1.82, 2.24) is 19.7 Å². The molecule has 2 aromatic heterocycles. The number of imidazole rings is 1. The predicted molar refractivity (Wildman–Crippen MR) is 150 cm³/mol. The molecule has 0 saturated carbocycles. The number of ether oxygens (including phenoxy) is 3. The van der Waals surface area contributed by atoms with E-state index in [0.717, 1.165) is 22.4 Å². The number of rotatable bonds is 15. The van der Waals surface area contributed by atoms with Crippen molar-refractivity contribution < 1.29 is 27.8 Å². The fourth-order valence-electron chi connectivity index (χ4n) is 4.27. The number of nitrogens with two attached hydrogens (primary N) is 1. The van der Waals surface area contributed by atoms with Crippen LogP contribution in [0.15, 0.2) is 61.1 Å². The fraction of sp³-hybridized carbons (Fsp3) is 0.310. The number of fused-ring (bicyclic) bond motifs is 1. The van der Waals surface area contributed by atoms with Gasteiger partial charge in [0.15, 0.2) is 5.65 Å². The number of nitrogens with one attached hydrogen (secondary N) is 2. The normalized spacial score (nSPS) is 11.2. The lowest BCUT2D eigenvalue weighted by Crippen LogP contribution is -2.28. The third-order valence-electron chi connectivity index (χ3n) is 6.17.